The number of pyridine rings is 1. The van der Waals surface area contributed by atoms with Crippen molar-refractivity contribution in [1.29, 1.82) is 0 Å². The second-order valence-electron chi connectivity index (χ2n) is 8.45. The van der Waals surface area contributed by atoms with Crippen molar-refractivity contribution in [3.63, 3.8) is 0 Å². The van der Waals surface area contributed by atoms with Crippen LogP contribution in [0.25, 0.3) is 33.4 Å². The molecular weight excluding hydrogens is 380 g/mol. The second-order valence-corrected chi connectivity index (χ2v) is 8.45. The van der Waals surface area contributed by atoms with Crippen LogP contribution in [-0.4, -0.2) is 34.5 Å². The Balaban J connectivity index is 1.57. The van der Waals surface area contributed by atoms with E-state index in [0.717, 1.165) is 22.5 Å². The van der Waals surface area contributed by atoms with E-state index in [2.05, 4.69) is 20.2 Å². The number of anilines is 1. The monoisotopic (exact) mass is 402 g/mol. The zero-order chi connectivity index (χ0) is 20.4. The van der Waals surface area contributed by atoms with Crippen LogP contribution in [0.3, 0.4) is 0 Å². The van der Waals surface area contributed by atoms with E-state index in [1.165, 1.54) is 32.0 Å². The lowest BCUT2D eigenvalue weighted by molar-refractivity contribution is 0.386. The molecule has 4 aromatic heterocycles. The van der Waals surface area contributed by atoms with E-state index >= 15 is 0 Å². The number of H-pyrrole nitrogens is 1. The number of nitrogen functional groups attached to an aromatic ring is 1. The molecule has 2 aliphatic carbocycles. The number of nitrogens with one attached hydrogen (secondary N) is 1. The fourth-order valence-corrected chi connectivity index (χ4v) is 4.59. The number of aryl methyl sites for hydroxylation is 1. The van der Waals surface area contributed by atoms with Crippen LogP contribution in [-0.2, 0) is 7.05 Å². The number of nitrogens with zero attached hydrogens (tertiary/aromatic N) is 6. The molecule has 0 spiro atoms. The van der Waals surface area contributed by atoms with Crippen molar-refractivity contribution in [2.45, 2.75) is 31.7 Å². The van der Waals surface area contributed by atoms with Gasteiger partial charge >= 0.3 is 0 Å². The molecule has 30 heavy (non-hydrogen) atoms. The Morgan fingerprint density at radius 2 is 1.87 bits per heavy atom. The minimum absolute atomic E-state index is 0.0589. The first-order chi connectivity index (χ1) is 14.6. The average Bonchev–Trinajstić information content (AvgIpc) is 3.68. The normalized spacial score (nSPS) is 16.6. The van der Waals surface area contributed by atoms with Gasteiger partial charge in [0.2, 0.25) is 0 Å². The number of aromatic nitrogens is 7. The third kappa shape index (κ3) is 2.65. The molecule has 4 aromatic rings. The second kappa shape index (κ2) is 6.25. The Morgan fingerprint density at radius 3 is 2.53 bits per heavy atom. The highest BCUT2D eigenvalue weighted by atomic mass is 16.1. The summed E-state index contributed by atoms with van der Waals surface area (Å²) in [7, 11) is 1.89. The smallest absolute Gasteiger partial charge is 0.264 e. The van der Waals surface area contributed by atoms with Gasteiger partial charge in [-0.2, -0.15) is 10.2 Å². The van der Waals surface area contributed by atoms with Gasteiger partial charge in [-0.3, -0.25) is 14.6 Å². The Hall–Kier alpha value is -3.49. The molecule has 4 heterocycles. The molecule has 0 amide bonds. The van der Waals surface area contributed by atoms with Gasteiger partial charge in [0.05, 0.1) is 16.9 Å². The first-order valence-electron chi connectivity index (χ1n) is 10.3. The van der Waals surface area contributed by atoms with E-state index in [1.807, 2.05) is 23.9 Å². The summed E-state index contributed by atoms with van der Waals surface area (Å²) in [5, 5.41) is 12.3. The highest BCUT2D eigenvalue weighted by Gasteiger charge is 2.43. The molecule has 0 aromatic carbocycles. The van der Waals surface area contributed by atoms with Crippen molar-refractivity contribution >= 4 is 16.7 Å². The Morgan fingerprint density at radius 1 is 1.17 bits per heavy atom. The van der Waals surface area contributed by atoms with Crippen LogP contribution in [0.1, 0.15) is 31.7 Å². The first-order valence-corrected chi connectivity index (χ1v) is 10.3. The van der Waals surface area contributed by atoms with Gasteiger partial charge in [0.25, 0.3) is 5.56 Å². The van der Waals surface area contributed by atoms with Crippen molar-refractivity contribution in [1.82, 2.24) is 34.5 Å². The highest BCUT2D eigenvalue weighted by molar-refractivity contribution is 5.97. The molecule has 152 valence electrons. The van der Waals surface area contributed by atoms with Crippen LogP contribution in [0.5, 0.6) is 0 Å². The van der Waals surface area contributed by atoms with E-state index in [9.17, 15) is 4.79 Å². The van der Waals surface area contributed by atoms with Crippen molar-refractivity contribution in [3.05, 3.63) is 41.3 Å². The third-order valence-corrected chi connectivity index (χ3v) is 6.32. The molecule has 0 radical (unpaired) electrons. The van der Waals surface area contributed by atoms with Gasteiger partial charge in [-0.1, -0.05) is 0 Å². The zero-order valence-corrected chi connectivity index (χ0v) is 16.6. The van der Waals surface area contributed by atoms with Crippen LogP contribution in [0.4, 0.5) is 5.82 Å². The SMILES string of the molecule is Cn1nc(-c2cn(C(C3CC3)C3CC3)c(=O)c3c(N)n[nH]c23)cc1-c1cncnc1. The van der Waals surface area contributed by atoms with E-state index in [-0.39, 0.29) is 17.4 Å². The Kier molecular flexibility index (Phi) is 3.62. The summed E-state index contributed by atoms with van der Waals surface area (Å²) in [6.07, 6.45) is 11.7. The molecule has 3 N–H and O–H groups in total. The number of hydrogen-bond acceptors (Lipinski definition) is 6. The fraction of sp³-hybridized carbons (Fsp3) is 0.381. The maximum absolute atomic E-state index is 13.4. The van der Waals surface area contributed by atoms with E-state index in [4.69, 9.17) is 10.8 Å². The van der Waals surface area contributed by atoms with E-state index < -0.39 is 0 Å². The van der Waals surface area contributed by atoms with Gasteiger partial charge in [0, 0.05) is 42.8 Å². The maximum atomic E-state index is 13.4. The average molecular weight is 402 g/mol. The molecule has 0 unspecified atom stereocenters. The summed E-state index contributed by atoms with van der Waals surface area (Å²) in [6.45, 7) is 0. The fourth-order valence-electron chi connectivity index (χ4n) is 4.59. The Labute approximate surface area is 172 Å². The molecule has 0 atom stereocenters. The molecule has 2 saturated carbocycles. The van der Waals surface area contributed by atoms with Gasteiger partial charge in [0.1, 0.15) is 11.7 Å². The van der Waals surface area contributed by atoms with Crippen LogP contribution in [0, 0.1) is 11.8 Å². The summed E-state index contributed by atoms with van der Waals surface area (Å²) in [5.41, 5.74) is 10.0. The lowest BCUT2D eigenvalue weighted by atomic mass is 10.0. The van der Waals surface area contributed by atoms with Gasteiger partial charge < -0.3 is 10.3 Å². The molecule has 6 rings (SSSR count). The molecule has 0 bridgehead atoms. The predicted molar refractivity (Wildman–Crippen MR) is 112 cm³/mol. The molecular formula is C21H22N8O. The standard InChI is InChI=1S/C21H22N8O/c1-28-16(13-7-23-10-24-8-13)6-15(27-28)14-9-29(19(11-2-3-11)12-4-5-12)21(30)17-18(14)25-26-20(17)22/h6-12,19H,2-5H2,1H3,(H3,22,25,26). The summed E-state index contributed by atoms with van der Waals surface area (Å²) >= 11 is 0. The van der Waals surface area contributed by atoms with Crippen molar-refractivity contribution in [3.8, 4) is 22.5 Å². The maximum Gasteiger partial charge on any atom is 0.264 e. The van der Waals surface area contributed by atoms with Crippen molar-refractivity contribution < 1.29 is 0 Å². The molecule has 0 aliphatic heterocycles. The van der Waals surface area contributed by atoms with Crippen molar-refractivity contribution in [2.75, 3.05) is 5.73 Å². The molecule has 2 fully saturated rings. The molecule has 9 heteroatoms. The lowest BCUT2D eigenvalue weighted by Gasteiger charge is -2.20. The summed E-state index contributed by atoms with van der Waals surface area (Å²) in [4.78, 5) is 21.6. The minimum Gasteiger partial charge on any atom is -0.382 e. The lowest BCUT2D eigenvalue weighted by Crippen LogP contribution is -2.27. The number of aromatic amines is 1. The summed E-state index contributed by atoms with van der Waals surface area (Å²) in [6, 6.07) is 2.23. The largest absolute Gasteiger partial charge is 0.382 e. The van der Waals surface area contributed by atoms with Gasteiger partial charge in [-0.25, -0.2) is 9.97 Å². The summed E-state index contributed by atoms with van der Waals surface area (Å²) in [5.74, 6) is 1.40. The predicted octanol–water partition coefficient (Wildman–Crippen LogP) is 2.53. The van der Waals surface area contributed by atoms with E-state index in [1.54, 1.807) is 17.1 Å². The molecule has 2 aliphatic rings. The number of hydrogen-bond donors (Lipinski definition) is 2. The molecule has 9 nitrogen and oxygen atoms in total. The van der Waals surface area contributed by atoms with Crippen molar-refractivity contribution in [2.24, 2.45) is 18.9 Å². The topological polar surface area (TPSA) is 120 Å². The third-order valence-electron chi connectivity index (χ3n) is 6.32. The van der Waals surface area contributed by atoms with E-state index in [0.29, 0.717) is 22.7 Å². The highest BCUT2D eigenvalue weighted by Crippen LogP contribution is 2.52. The molecule has 0 saturated heterocycles. The Bertz CT molecular complexity index is 1300. The zero-order valence-electron chi connectivity index (χ0n) is 16.6. The van der Waals surface area contributed by atoms with Crippen LogP contribution in [0.2, 0.25) is 0 Å². The van der Waals surface area contributed by atoms with Gasteiger partial charge in [-0.15, -0.1) is 0 Å². The van der Waals surface area contributed by atoms with Crippen LogP contribution in [0.15, 0.2) is 35.8 Å². The minimum atomic E-state index is -0.0589. The summed E-state index contributed by atoms with van der Waals surface area (Å²) < 4.78 is 3.72. The number of rotatable bonds is 5. The number of nitrogens with two attached hydrogens (primary N) is 1. The van der Waals surface area contributed by atoms with Crippen LogP contribution < -0.4 is 11.3 Å². The van der Waals surface area contributed by atoms with Gasteiger partial charge in [-0.05, 0) is 43.6 Å². The number of fused-ring (bicyclic) bond motifs is 1. The first kappa shape index (κ1) is 17.4. The van der Waals surface area contributed by atoms with Gasteiger partial charge in [0.15, 0.2) is 5.82 Å². The van der Waals surface area contributed by atoms with Crippen LogP contribution >= 0.6 is 0 Å². The quantitative estimate of drug-likeness (QED) is 0.529.